The fourth-order valence-corrected chi connectivity index (χ4v) is 3.48. The van der Waals surface area contributed by atoms with Crippen LogP contribution in [0.5, 0.6) is 5.75 Å². The van der Waals surface area contributed by atoms with Crippen LogP contribution in [0.4, 0.5) is 5.69 Å². The molecule has 2 aromatic rings. The second-order valence-electron chi connectivity index (χ2n) is 6.93. The van der Waals surface area contributed by atoms with Gasteiger partial charge in [-0.2, -0.15) is 0 Å². The first-order chi connectivity index (χ1) is 14.1. The zero-order valence-electron chi connectivity index (χ0n) is 16.6. The van der Waals surface area contributed by atoms with Gasteiger partial charge in [0.05, 0.1) is 11.6 Å². The first kappa shape index (κ1) is 21.1. The molecule has 1 saturated heterocycles. The third-order valence-electron chi connectivity index (χ3n) is 4.95. The lowest BCUT2D eigenvalue weighted by molar-refractivity contribution is -0.135. The topological polar surface area (TPSA) is 61.9 Å². The summed E-state index contributed by atoms with van der Waals surface area (Å²) in [5.74, 6) is 0.392. The van der Waals surface area contributed by atoms with Crippen LogP contribution in [0.25, 0.3) is 0 Å². The number of rotatable bonds is 7. The number of hydrogen-bond donors (Lipinski definition) is 1. The molecule has 0 saturated carbocycles. The first-order valence-corrected chi connectivity index (χ1v) is 10.2. The molecule has 1 aliphatic rings. The van der Waals surface area contributed by atoms with Gasteiger partial charge in [0.1, 0.15) is 5.75 Å². The van der Waals surface area contributed by atoms with E-state index in [1.165, 1.54) is 0 Å². The summed E-state index contributed by atoms with van der Waals surface area (Å²) in [5.41, 5.74) is 1.99. The molecule has 2 amide bonds. The lowest BCUT2D eigenvalue weighted by Crippen LogP contribution is -2.51. The maximum atomic E-state index is 12.4. The Hall–Kier alpha value is -2.57. The number of anilines is 1. The number of piperazine rings is 1. The maximum Gasteiger partial charge on any atom is 0.260 e. The lowest BCUT2D eigenvalue weighted by Gasteiger charge is -2.34. The number of para-hydroxylation sites is 2. The Balaban J connectivity index is 1.42. The molecule has 154 valence electrons. The summed E-state index contributed by atoms with van der Waals surface area (Å²) in [6.07, 6.45) is 0.869. The molecule has 0 radical (unpaired) electrons. The number of halogens is 1. The van der Waals surface area contributed by atoms with Gasteiger partial charge < -0.3 is 15.0 Å². The number of ether oxygens (including phenoxy) is 1. The fourth-order valence-electron chi connectivity index (χ4n) is 3.29. The second kappa shape index (κ2) is 10.3. The largest absolute Gasteiger partial charge is 0.482 e. The number of nitrogens with one attached hydrogen (secondary N) is 1. The Bertz CT molecular complexity index is 851. The van der Waals surface area contributed by atoms with Crippen LogP contribution >= 0.6 is 11.6 Å². The Kier molecular flexibility index (Phi) is 7.49. The number of benzene rings is 2. The molecule has 0 spiro atoms. The van der Waals surface area contributed by atoms with E-state index >= 15 is 0 Å². The average molecular weight is 416 g/mol. The molecule has 29 heavy (non-hydrogen) atoms. The van der Waals surface area contributed by atoms with Crippen LogP contribution in [0.15, 0.2) is 48.5 Å². The highest BCUT2D eigenvalue weighted by atomic mass is 35.5. The molecule has 0 atom stereocenters. The molecule has 7 heteroatoms. The van der Waals surface area contributed by atoms with Crippen molar-refractivity contribution < 1.29 is 14.3 Å². The van der Waals surface area contributed by atoms with Crippen LogP contribution in [0.3, 0.4) is 0 Å². The number of aryl methyl sites for hydroxylation is 1. The van der Waals surface area contributed by atoms with E-state index < -0.39 is 0 Å². The number of carbonyl (C=O) groups is 2. The van der Waals surface area contributed by atoms with Gasteiger partial charge in [0.15, 0.2) is 6.61 Å². The van der Waals surface area contributed by atoms with Crippen LogP contribution in [-0.4, -0.2) is 60.9 Å². The minimum absolute atomic E-state index is 0.0345. The van der Waals surface area contributed by atoms with Crippen molar-refractivity contribution in [3.63, 3.8) is 0 Å². The van der Waals surface area contributed by atoms with Gasteiger partial charge in [0.25, 0.3) is 5.91 Å². The van der Waals surface area contributed by atoms with Crippen LogP contribution in [0.2, 0.25) is 5.02 Å². The molecule has 2 aromatic carbocycles. The molecule has 0 aliphatic carbocycles. The zero-order chi connectivity index (χ0) is 20.6. The van der Waals surface area contributed by atoms with Crippen molar-refractivity contribution >= 4 is 29.1 Å². The van der Waals surface area contributed by atoms with Gasteiger partial charge in [-0.1, -0.05) is 48.9 Å². The Morgan fingerprint density at radius 2 is 1.72 bits per heavy atom. The van der Waals surface area contributed by atoms with E-state index in [0.717, 1.165) is 17.7 Å². The molecular formula is C22H26ClN3O3. The monoisotopic (exact) mass is 415 g/mol. The summed E-state index contributed by atoms with van der Waals surface area (Å²) < 4.78 is 5.53. The van der Waals surface area contributed by atoms with Crippen LogP contribution < -0.4 is 10.1 Å². The summed E-state index contributed by atoms with van der Waals surface area (Å²) in [7, 11) is 0. The number of nitrogens with zero attached hydrogens (tertiary/aromatic N) is 2. The minimum atomic E-state index is -0.0779. The standard InChI is InChI=1S/C22H26ClN3O3/c1-2-17-7-3-5-9-19(17)24-21(27)15-25-11-13-26(14-12-25)22(28)16-29-20-10-6-4-8-18(20)23/h3-10H,2,11-16H2,1H3,(H,24,27). The van der Waals surface area contributed by atoms with E-state index in [2.05, 4.69) is 17.1 Å². The summed E-state index contributed by atoms with van der Waals surface area (Å²) in [6.45, 7) is 4.79. The van der Waals surface area contributed by atoms with Gasteiger partial charge in [-0.25, -0.2) is 0 Å². The van der Waals surface area contributed by atoms with Crippen LogP contribution in [0, 0.1) is 0 Å². The zero-order valence-corrected chi connectivity index (χ0v) is 17.3. The Labute approximate surface area is 176 Å². The van der Waals surface area contributed by atoms with Crippen molar-refractivity contribution in [3.8, 4) is 5.75 Å². The van der Waals surface area contributed by atoms with Gasteiger partial charge in [-0.15, -0.1) is 0 Å². The molecule has 6 nitrogen and oxygen atoms in total. The van der Waals surface area contributed by atoms with E-state index in [1.54, 1.807) is 17.0 Å². The van der Waals surface area contributed by atoms with E-state index in [4.69, 9.17) is 16.3 Å². The highest BCUT2D eigenvalue weighted by Gasteiger charge is 2.23. The summed E-state index contributed by atoms with van der Waals surface area (Å²) in [6, 6.07) is 14.9. The number of carbonyl (C=O) groups excluding carboxylic acids is 2. The molecule has 1 heterocycles. The molecular weight excluding hydrogens is 390 g/mol. The molecule has 1 fully saturated rings. The third-order valence-corrected chi connectivity index (χ3v) is 5.26. The van der Waals surface area contributed by atoms with Crippen molar-refractivity contribution in [1.29, 1.82) is 0 Å². The highest BCUT2D eigenvalue weighted by Crippen LogP contribution is 2.23. The Morgan fingerprint density at radius 1 is 1.03 bits per heavy atom. The van der Waals surface area contributed by atoms with Gasteiger partial charge in [0.2, 0.25) is 5.91 Å². The quantitative estimate of drug-likeness (QED) is 0.755. The van der Waals surface area contributed by atoms with Crippen molar-refractivity contribution in [2.45, 2.75) is 13.3 Å². The predicted molar refractivity (Wildman–Crippen MR) is 114 cm³/mol. The smallest absolute Gasteiger partial charge is 0.260 e. The normalized spacial score (nSPS) is 14.5. The molecule has 1 N–H and O–H groups in total. The van der Waals surface area contributed by atoms with Crippen molar-refractivity contribution in [2.75, 3.05) is 44.6 Å². The molecule has 0 bridgehead atoms. The van der Waals surface area contributed by atoms with E-state index in [9.17, 15) is 9.59 Å². The molecule has 1 aliphatic heterocycles. The average Bonchev–Trinajstić information content (AvgIpc) is 2.74. The SMILES string of the molecule is CCc1ccccc1NC(=O)CN1CCN(C(=O)COc2ccccc2Cl)CC1. The fraction of sp³-hybridized carbons (Fsp3) is 0.364. The molecule has 3 rings (SSSR count). The number of amides is 2. The summed E-state index contributed by atoms with van der Waals surface area (Å²) in [5, 5.41) is 3.48. The van der Waals surface area contributed by atoms with Gasteiger partial charge in [-0.3, -0.25) is 14.5 Å². The van der Waals surface area contributed by atoms with E-state index in [0.29, 0.717) is 43.5 Å². The van der Waals surface area contributed by atoms with E-state index in [1.807, 2.05) is 36.4 Å². The van der Waals surface area contributed by atoms with Gasteiger partial charge >= 0.3 is 0 Å². The minimum Gasteiger partial charge on any atom is -0.482 e. The second-order valence-corrected chi connectivity index (χ2v) is 7.34. The first-order valence-electron chi connectivity index (χ1n) is 9.82. The van der Waals surface area contributed by atoms with Crippen LogP contribution in [-0.2, 0) is 16.0 Å². The molecule has 0 aromatic heterocycles. The Morgan fingerprint density at radius 3 is 2.45 bits per heavy atom. The van der Waals surface area contributed by atoms with Gasteiger partial charge in [0, 0.05) is 31.9 Å². The summed E-state index contributed by atoms with van der Waals surface area (Å²) in [4.78, 5) is 28.6. The van der Waals surface area contributed by atoms with Crippen molar-refractivity contribution in [2.24, 2.45) is 0 Å². The van der Waals surface area contributed by atoms with E-state index in [-0.39, 0.29) is 18.4 Å². The number of hydrogen-bond acceptors (Lipinski definition) is 4. The van der Waals surface area contributed by atoms with Crippen LogP contribution in [0.1, 0.15) is 12.5 Å². The summed E-state index contributed by atoms with van der Waals surface area (Å²) >= 11 is 6.04. The van der Waals surface area contributed by atoms with Crippen molar-refractivity contribution in [3.05, 3.63) is 59.1 Å². The van der Waals surface area contributed by atoms with Gasteiger partial charge in [-0.05, 0) is 30.2 Å². The molecule has 0 unspecified atom stereocenters. The maximum absolute atomic E-state index is 12.4. The third kappa shape index (κ3) is 5.95. The van der Waals surface area contributed by atoms with Crippen molar-refractivity contribution in [1.82, 2.24) is 9.80 Å². The predicted octanol–water partition coefficient (Wildman–Crippen LogP) is 3.06. The highest BCUT2D eigenvalue weighted by molar-refractivity contribution is 6.32. The lowest BCUT2D eigenvalue weighted by atomic mass is 10.1.